The van der Waals surface area contributed by atoms with Gasteiger partial charge in [-0.3, -0.25) is 4.79 Å². The lowest BCUT2D eigenvalue weighted by molar-refractivity contribution is 0.0981. The minimum atomic E-state index is -4.16. The third kappa shape index (κ3) is 4.58. The van der Waals surface area contributed by atoms with Crippen LogP contribution in [0.5, 0.6) is 0 Å². The molecule has 0 spiro atoms. The molecule has 1 N–H and O–H groups in total. The van der Waals surface area contributed by atoms with Crippen molar-refractivity contribution in [1.29, 1.82) is 0 Å². The number of nitrogens with one attached hydrogen (secondary N) is 1. The van der Waals surface area contributed by atoms with Crippen LogP contribution in [-0.4, -0.2) is 49.0 Å². The van der Waals surface area contributed by atoms with E-state index in [-0.39, 0.29) is 16.1 Å². The molecule has 9 heteroatoms. The monoisotopic (exact) mass is 511 g/mol. The molecule has 4 heterocycles. The number of carbonyl (C=O) groups excluding carboxylic acids is 1. The Morgan fingerprint density at radius 1 is 1.03 bits per heavy atom. The summed E-state index contributed by atoms with van der Waals surface area (Å²) in [6.45, 7) is 8.09. The molecule has 5 rings (SSSR count). The van der Waals surface area contributed by atoms with Crippen molar-refractivity contribution in [2.45, 2.75) is 82.3 Å². The molecule has 1 amide bonds. The Bertz CT molecular complexity index is 1230. The lowest BCUT2D eigenvalue weighted by Crippen LogP contribution is -2.47. The minimum Gasteiger partial charge on any atom is -0.353 e. The number of amides is 1. The number of rotatable bonds is 5. The quantitative estimate of drug-likeness (QED) is 0.636. The van der Waals surface area contributed by atoms with Gasteiger partial charge in [-0.15, -0.1) is 0 Å². The number of hydrogen-bond acceptors (Lipinski definition) is 7. The second-order valence-electron chi connectivity index (χ2n) is 11.1. The zero-order valence-electron chi connectivity index (χ0n) is 21.5. The summed E-state index contributed by atoms with van der Waals surface area (Å²) in [5.41, 5.74) is 0.0595. The van der Waals surface area contributed by atoms with Crippen molar-refractivity contribution in [3.8, 4) is 0 Å². The maximum atomic E-state index is 13.3. The predicted molar refractivity (Wildman–Crippen MR) is 141 cm³/mol. The second kappa shape index (κ2) is 9.65. The van der Waals surface area contributed by atoms with Gasteiger partial charge in [0.15, 0.2) is 5.03 Å². The van der Waals surface area contributed by atoms with Crippen molar-refractivity contribution in [3.05, 3.63) is 42.1 Å². The first kappa shape index (κ1) is 25.0. The highest BCUT2D eigenvalue weighted by Gasteiger charge is 2.41. The van der Waals surface area contributed by atoms with Crippen LogP contribution < -0.4 is 14.5 Å². The summed E-state index contributed by atoms with van der Waals surface area (Å²) in [5, 5.41) is -0.133. The van der Waals surface area contributed by atoms with Crippen LogP contribution in [0.2, 0.25) is 0 Å². The summed E-state index contributed by atoms with van der Waals surface area (Å²) in [7, 11) is -4.16. The molecule has 3 atom stereocenters. The molecule has 2 saturated heterocycles. The summed E-state index contributed by atoms with van der Waals surface area (Å²) in [4.78, 5) is 26.7. The number of nitrogens with zero attached hydrogens (tertiary/aromatic N) is 4. The van der Waals surface area contributed by atoms with Crippen LogP contribution >= 0.6 is 0 Å². The van der Waals surface area contributed by atoms with Crippen LogP contribution in [-0.2, 0) is 10.0 Å². The average molecular weight is 512 g/mol. The largest absolute Gasteiger partial charge is 0.353 e. The Morgan fingerprint density at radius 2 is 1.81 bits per heavy atom. The Morgan fingerprint density at radius 3 is 2.58 bits per heavy atom. The van der Waals surface area contributed by atoms with Gasteiger partial charge in [-0.25, -0.2) is 14.7 Å². The fourth-order valence-electron chi connectivity index (χ4n) is 6.25. The van der Waals surface area contributed by atoms with E-state index in [2.05, 4.69) is 45.3 Å². The first-order valence-electron chi connectivity index (χ1n) is 13.2. The fraction of sp³-hybridized carbons (Fsp3) is 0.593. The van der Waals surface area contributed by atoms with E-state index in [4.69, 9.17) is 0 Å². The number of anilines is 2. The first-order valence-corrected chi connectivity index (χ1v) is 14.7. The van der Waals surface area contributed by atoms with E-state index in [1.165, 1.54) is 31.7 Å². The smallest absolute Gasteiger partial charge is 0.281 e. The molecule has 3 aliphatic rings. The SMILES string of the molecule is CC1CCN(c2ncccc2C(=O)NS(=O)(=O)c2cccc(N3CCCC4CCCCC43)n2)C1(C)C. The summed E-state index contributed by atoms with van der Waals surface area (Å²) in [6, 6.07) is 8.76. The molecule has 0 radical (unpaired) electrons. The van der Waals surface area contributed by atoms with Crippen LogP contribution in [0.3, 0.4) is 0 Å². The molecule has 2 aromatic rings. The maximum Gasteiger partial charge on any atom is 0.281 e. The molecule has 2 aliphatic heterocycles. The molecule has 3 unspecified atom stereocenters. The third-order valence-electron chi connectivity index (χ3n) is 8.72. The number of aromatic nitrogens is 2. The molecule has 3 fully saturated rings. The van der Waals surface area contributed by atoms with E-state index < -0.39 is 15.9 Å². The van der Waals surface area contributed by atoms with E-state index >= 15 is 0 Å². The van der Waals surface area contributed by atoms with Crippen molar-refractivity contribution >= 4 is 27.6 Å². The number of hydrogen-bond donors (Lipinski definition) is 1. The predicted octanol–water partition coefficient (Wildman–Crippen LogP) is 4.38. The van der Waals surface area contributed by atoms with Crippen molar-refractivity contribution in [2.75, 3.05) is 22.9 Å². The standard InChI is InChI=1S/C27H37N5O3S/c1-19-15-18-32(27(19,2)3)25-21(11-7-16-28-25)26(33)30-36(34,35)24-14-6-13-23(29-24)31-17-8-10-20-9-4-5-12-22(20)31/h6-7,11,13-14,16,19-20,22H,4-5,8-10,12,15,17-18H2,1-3H3,(H,30,33). The van der Waals surface area contributed by atoms with Gasteiger partial charge in [0.05, 0.1) is 5.56 Å². The Hall–Kier alpha value is -2.68. The lowest BCUT2D eigenvalue weighted by Gasteiger charge is -2.44. The van der Waals surface area contributed by atoms with Gasteiger partial charge in [0.25, 0.3) is 15.9 Å². The van der Waals surface area contributed by atoms with Gasteiger partial charge in [-0.05, 0) is 82.1 Å². The lowest BCUT2D eigenvalue weighted by atomic mass is 9.78. The molecule has 0 aromatic carbocycles. The molecular formula is C27H37N5O3S. The van der Waals surface area contributed by atoms with E-state index in [1.54, 1.807) is 24.4 Å². The Kier molecular flexibility index (Phi) is 6.70. The van der Waals surface area contributed by atoms with E-state index in [1.807, 2.05) is 6.07 Å². The van der Waals surface area contributed by atoms with Crippen molar-refractivity contribution in [1.82, 2.24) is 14.7 Å². The normalized spacial score (nSPS) is 25.9. The number of carbonyl (C=O) groups is 1. The Balaban J connectivity index is 1.39. The van der Waals surface area contributed by atoms with E-state index in [9.17, 15) is 13.2 Å². The highest BCUT2D eigenvalue weighted by Crippen LogP contribution is 2.39. The number of piperidine rings is 1. The number of sulfonamides is 1. The summed E-state index contributed by atoms with van der Waals surface area (Å²) in [5.74, 6) is 1.57. The molecule has 194 valence electrons. The van der Waals surface area contributed by atoms with Gasteiger partial charge in [0.1, 0.15) is 11.6 Å². The van der Waals surface area contributed by atoms with Gasteiger partial charge in [-0.2, -0.15) is 8.42 Å². The molecule has 0 bridgehead atoms. The Labute approximate surface area is 214 Å². The van der Waals surface area contributed by atoms with Crippen LogP contribution in [0.1, 0.15) is 76.1 Å². The molecule has 1 saturated carbocycles. The van der Waals surface area contributed by atoms with Crippen molar-refractivity contribution in [3.63, 3.8) is 0 Å². The molecule has 1 aliphatic carbocycles. The number of pyridine rings is 2. The number of fused-ring (bicyclic) bond motifs is 1. The molecule has 2 aromatic heterocycles. The zero-order valence-corrected chi connectivity index (χ0v) is 22.3. The minimum absolute atomic E-state index is 0.133. The van der Waals surface area contributed by atoms with Crippen LogP contribution in [0, 0.1) is 11.8 Å². The van der Waals surface area contributed by atoms with E-state index in [0.717, 1.165) is 32.4 Å². The third-order valence-corrected chi connectivity index (χ3v) is 9.96. The van der Waals surface area contributed by atoms with Gasteiger partial charge in [0, 0.05) is 30.9 Å². The molecular weight excluding hydrogens is 474 g/mol. The second-order valence-corrected chi connectivity index (χ2v) is 12.7. The van der Waals surface area contributed by atoms with Crippen LogP contribution in [0.25, 0.3) is 0 Å². The first-order chi connectivity index (χ1) is 17.2. The topological polar surface area (TPSA) is 95.5 Å². The maximum absolute atomic E-state index is 13.3. The zero-order chi connectivity index (χ0) is 25.5. The van der Waals surface area contributed by atoms with Gasteiger partial charge < -0.3 is 9.80 Å². The summed E-state index contributed by atoms with van der Waals surface area (Å²) >= 11 is 0. The molecule has 36 heavy (non-hydrogen) atoms. The highest BCUT2D eigenvalue weighted by atomic mass is 32.2. The highest BCUT2D eigenvalue weighted by molar-refractivity contribution is 7.90. The van der Waals surface area contributed by atoms with Crippen LogP contribution in [0.15, 0.2) is 41.6 Å². The molecule has 8 nitrogen and oxygen atoms in total. The van der Waals surface area contributed by atoms with Crippen LogP contribution in [0.4, 0.5) is 11.6 Å². The fourth-order valence-corrected chi connectivity index (χ4v) is 7.18. The average Bonchev–Trinajstić information content (AvgIpc) is 3.15. The van der Waals surface area contributed by atoms with E-state index in [0.29, 0.717) is 29.5 Å². The summed E-state index contributed by atoms with van der Waals surface area (Å²) < 4.78 is 28.9. The summed E-state index contributed by atoms with van der Waals surface area (Å²) in [6.07, 6.45) is 9.77. The van der Waals surface area contributed by atoms with Gasteiger partial charge >= 0.3 is 0 Å². The van der Waals surface area contributed by atoms with Gasteiger partial charge in [-0.1, -0.05) is 25.8 Å². The van der Waals surface area contributed by atoms with Crippen molar-refractivity contribution in [2.24, 2.45) is 11.8 Å². The van der Waals surface area contributed by atoms with Crippen molar-refractivity contribution < 1.29 is 13.2 Å². The van der Waals surface area contributed by atoms with Gasteiger partial charge in [0.2, 0.25) is 0 Å².